The number of halogens is 1. The Hall–Kier alpha value is -0.250. The topological polar surface area (TPSA) is 38.9 Å². The molecule has 0 bridgehead atoms. The Morgan fingerprint density at radius 3 is 2.79 bits per heavy atom. The molecule has 4 heteroatoms. The number of rotatable bonds is 3. The smallest absolute Gasteiger partial charge is 0.0664 e. The molecule has 0 atom stereocenters. The average molecular weight is 229 g/mol. The highest BCUT2D eigenvalue weighted by molar-refractivity contribution is 7.98. The zero-order valence-electron chi connectivity index (χ0n) is 8.09. The number of hydrogen-bond acceptors (Lipinski definition) is 3. The van der Waals surface area contributed by atoms with Crippen molar-refractivity contribution in [3.63, 3.8) is 0 Å². The van der Waals surface area contributed by atoms with E-state index in [4.69, 9.17) is 17.3 Å². The Balaban J connectivity index is 2.36. The predicted octanol–water partition coefficient (Wildman–Crippen LogP) is 2.45. The van der Waals surface area contributed by atoms with Crippen molar-refractivity contribution in [2.24, 2.45) is 5.73 Å². The molecule has 2 rings (SSSR count). The van der Waals surface area contributed by atoms with Gasteiger partial charge in [0.15, 0.2) is 0 Å². The lowest BCUT2D eigenvalue weighted by atomic mass is 10.0. The zero-order valence-corrected chi connectivity index (χ0v) is 9.66. The van der Waals surface area contributed by atoms with Crippen LogP contribution in [0, 0.1) is 0 Å². The number of nitrogens with zero attached hydrogens (tertiary/aromatic N) is 1. The Morgan fingerprint density at radius 1 is 1.64 bits per heavy atom. The minimum absolute atomic E-state index is 0.0913. The summed E-state index contributed by atoms with van der Waals surface area (Å²) in [6.45, 7) is 0.651. The van der Waals surface area contributed by atoms with Crippen LogP contribution in [0.2, 0.25) is 5.02 Å². The monoisotopic (exact) mass is 228 g/mol. The van der Waals surface area contributed by atoms with Crippen molar-refractivity contribution < 1.29 is 0 Å². The normalized spacial score (nSPS) is 18.2. The molecule has 1 aromatic rings. The maximum Gasteiger partial charge on any atom is 0.0664 e. The molecule has 2 nitrogen and oxygen atoms in total. The van der Waals surface area contributed by atoms with Crippen LogP contribution in [0.1, 0.15) is 18.5 Å². The van der Waals surface area contributed by atoms with Gasteiger partial charge in [-0.3, -0.25) is 4.98 Å². The van der Waals surface area contributed by atoms with Crippen LogP contribution >= 0.6 is 23.4 Å². The first-order chi connectivity index (χ1) is 6.72. The summed E-state index contributed by atoms with van der Waals surface area (Å²) in [5, 5.41) is 0.764. The summed E-state index contributed by atoms with van der Waals surface area (Å²) in [4.78, 5) is 5.52. The van der Waals surface area contributed by atoms with Gasteiger partial charge in [0.05, 0.1) is 10.7 Å². The highest BCUT2D eigenvalue weighted by Gasteiger charge is 2.45. The highest BCUT2D eigenvalue weighted by Crippen LogP contribution is 2.48. The van der Waals surface area contributed by atoms with Crippen molar-refractivity contribution in [2.45, 2.75) is 23.2 Å². The molecular weight excluding hydrogens is 216 g/mol. The molecule has 0 unspecified atom stereocenters. The second-order valence-corrected chi connectivity index (χ2v) is 4.98. The fourth-order valence-electron chi connectivity index (χ4n) is 1.61. The van der Waals surface area contributed by atoms with E-state index in [9.17, 15) is 0 Å². The fraction of sp³-hybridized carbons (Fsp3) is 0.500. The molecule has 0 aliphatic heterocycles. The summed E-state index contributed by atoms with van der Waals surface area (Å²) in [7, 11) is 0. The van der Waals surface area contributed by atoms with Crippen LogP contribution in [-0.2, 0) is 5.41 Å². The Labute approximate surface area is 93.2 Å². The van der Waals surface area contributed by atoms with Gasteiger partial charge in [0.1, 0.15) is 0 Å². The largest absolute Gasteiger partial charge is 0.330 e. The van der Waals surface area contributed by atoms with E-state index in [1.54, 1.807) is 11.8 Å². The number of thioether (sulfide) groups is 1. The van der Waals surface area contributed by atoms with Crippen LogP contribution in [0.15, 0.2) is 17.2 Å². The molecule has 0 saturated heterocycles. The molecule has 1 aliphatic rings. The SMILES string of the molecule is CSc1cnc(C2(CN)CC2)c(Cl)c1. The highest BCUT2D eigenvalue weighted by atomic mass is 35.5. The lowest BCUT2D eigenvalue weighted by Crippen LogP contribution is -2.21. The van der Waals surface area contributed by atoms with Crippen molar-refractivity contribution in [2.75, 3.05) is 12.8 Å². The van der Waals surface area contributed by atoms with Gasteiger partial charge in [-0.25, -0.2) is 0 Å². The van der Waals surface area contributed by atoms with E-state index in [1.807, 2.05) is 18.5 Å². The predicted molar refractivity (Wildman–Crippen MR) is 61.0 cm³/mol. The molecule has 1 fully saturated rings. The first-order valence-corrected chi connectivity index (χ1v) is 6.22. The van der Waals surface area contributed by atoms with Crippen molar-refractivity contribution in [1.82, 2.24) is 4.98 Å². The lowest BCUT2D eigenvalue weighted by Gasteiger charge is -2.13. The maximum atomic E-state index is 6.18. The molecule has 0 radical (unpaired) electrons. The van der Waals surface area contributed by atoms with Gasteiger partial charge in [-0.05, 0) is 25.2 Å². The van der Waals surface area contributed by atoms with Crippen molar-refractivity contribution in [3.8, 4) is 0 Å². The molecule has 2 N–H and O–H groups in total. The van der Waals surface area contributed by atoms with Gasteiger partial charge < -0.3 is 5.73 Å². The lowest BCUT2D eigenvalue weighted by molar-refractivity contribution is 0.677. The molecule has 76 valence electrons. The summed E-state index contributed by atoms with van der Waals surface area (Å²) >= 11 is 7.83. The molecule has 1 heterocycles. The third-order valence-electron chi connectivity index (χ3n) is 2.80. The molecule has 0 spiro atoms. The van der Waals surface area contributed by atoms with E-state index in [2.05, 4.69) is 4.98 Å². The second kappa shape index (κ2) is 3.72. The number of nitrogens with two attached hydrogens (primary N) is 1. The number of hydrogen-bond donors (Lipinski definition) is 1. The first kappa shape index (κ1) is 10.3. The van der Waals surface area contributed by atoms with Gasteiger partial charge in [-0.2, -0.15) is 0 Å². The summed E-state index contributed by atoms with van der Waals surface area (Å²) in [5.41, 5.74) is 6.81. The van der Waals surface area contributed by atoms with Gasteiger partial charge in [-0.1, -0.05) is 11.6 Å². The molecule has 0 amide bonds. The molecular formula is C10H13ClN2S. The van der Waals surface area contributed by atoms with Gasteiger partial charge in [-0.15, -0.1) is 11.8 Å². The average Bonchev–Trinajstić information content (AvgIpc) is 2.98. The first-order valence-electron chi connectivity index (χ1n) is 4.62. The van der Waals surface area contributed by atoms with Crippen molar-refractivity contribution >= 4 is 23.4 Å². The van der Waals surface area contributed by atoms with Crippen molar-refractivity contribution in [1.29, 1.82) is 0 Å². The van der Waals surface area contributed by atoms with Crippen molar-refractivity contribution in [3.05, 3.63) is 23.0 Å². The Kier molecular flexibility index (Phi) is 2.73. The van der Waals surface area contributed by atoms with E-state index >= 15 is 0 Å². The van der Waals surface area contributed by atoms with Crippen LogP contribution in [0.3, 0.4) is 0 Å². The Morgan fingerprint density at radius 2 is 2.36 bits per heavy atom. The fourth-order valence-corrected chi connectivity index (χ4v) is 2.44. The molecule has 1 saturated carbocycles. The summed E-state index contributed by atoms with van der Waals surface area (Å²) in [6.07, 6.45) is 6.13. The third kappa shape index (κ3) is 1.64. The van der Waals surface area contributed by atoms with Gasteiger partial charge in [0.25, 0.3) is 0 Å². The van der Waals surface area contributed by atoms with Crippen LogP contribution < -0.4 is 5.73 Å². The summed E-state index contributed by atoms with van der Waals surface area (Å²) in [5.74, 6) is 0. The molecule has 0 aromatic carbocycles. The Bertz CT molecular complexity index is 350. The van der Waals surface area contributed by atoms with Gasteiger partial charge in [0.2, 0.25) is 0 Å². The van der Waals surface area contributed by atoms with E-state index in [0.29, 0.717) is 6.54 Å². The van der Waals surface area contributed by atoms with Crippen LogP contribution in [0.25, 0.3) is 0 Å². The zero-order chi connectivity index (χ0) is 10.2. The van der Waals surface area contributed by atoms with Gasteiger partial charge >= 0.3 is 0 Å². The van der Waals surface area contributed by atoms with E-state index < -0.39 is 0 Å². The number of aromatic nitrogens is 1. The van der Waals surface area contributed by atoms with Crippen LogP contribution in [0.5, 0.6) is 0 Å². The quantitative estimate of drug-likeness (QED) is 0.808. The molecule has 1 aliphatic carbocycles. The van der Waals surface area contributed by atoms with E-state index in [1.165, 1.54) is 0 Å². The molecule has 1 aromatic heterocycles. The summed E-state index contributed by atoms with van der Waals surface area (Å²) in [6, 6.07) is 1.98. The standard InChI is InChI=1S/C10H13ClN2S/c1-14-7-4-8(11)9(13-5-7)10(6-12)2-3-10/h4-5H,2-3,6,12H2,1H3. The van der Waals surface area contributed by atoms with E-state index in [-0.39, 0.29) is 5.41 Å². The van der Waals surface area contributed by atoms with Crippen LogP contribution in [0.4, 0.5) is 0 Å². The third-order valence-corrected chi connectivity index (χ3v) is 3.78. The number of pyridine rings is 1. The summed E-state index contributed by atoms with van der Waals surface area (Å²) < 4.78 is 0. The second-order valence-electron chi connectivity index (χ2n) is 3.69. The minimum Gasteiger partial charge on any atom is -0.330 e. The van der Waals surface area contributed by atoms with Gasteiger partial charge in [0, 0.05) is 23.1 Å². The molecule has 14 heavy (non-hydrogen) atoms. The minimum atomic E-state index is 0.0913. The maximum absolute atomic E-state index is 6.18. The van der Waals surface area contributed by atoms with E-state index in [0.717, 1.165) is 28.5 Å². The van der Waals surface area contributed by atoms with Crippen LogP contribution in [-0.4, -0.2) is 17.8 Å².